The highest BCUT2D eigenvalue weighted by atomic mass is 16.6. The Morgan fingerprint density at radius 2 is 2.03 bits per heavy atom. The zero-order valence-corrected chi connectivity index (χ0v) is 18.6. The Morgan fingerprint density at radius 1 is 1.21 bits per heavy atom. The first-order valence-electron chi connectivity index (χ1n) is 11.0. The number of carbonyl (C=O) groups excluding carboxylic acids is 2. The molecule has 1 aromatic heterocycles. The summed E-state index contributed by atoms with van der Waals surface area (Å²) in [6.45, 7) is 2.11. The van der Waals surface area contributed by atoms with Gasteiger partial charge in [0.1, 0.15) is 17.5 Å². The summed E-state index contributed by atoms with van der Waals surface area (Å²) in [7, 11) is 1.64. The van der Waals surface area contributed by atoms with Gasteiger partial charge in [-0.05, 0) is 61.2 Å². The zero-order chi connectivity index (χ0) is 22.9. The van der Waals surface area contributed by atoms with E-state index in [-0.39, 0.29) is 12.0 Å². The molecule has 5 rings (SSSR count). The van der Waals surface area contributed by atoms with Crippen molar-refractivity contribution in [3.05, 3.63) is 53.6 Å². The monoisotopic (exact) mass is 447 g/mol. The molecular formula is C25H25N3O5. The first-order chi connectivity index (χ1) is 16.0. The molecule has 8 heteroatoms. The third kappa shape index (κ3) is 4.04. The molecule has 1 N–H and O–H groups in total. The molecule has 33 heavy (non-hydrogen) atoms. The van der Waals surface area contributed by atoms with Crippen LogP contribution in [-0.4, -0.2) is 43.5 Å². The van der Waals surface area contributed by atoms with Crippen LogP contribution in [0.25, 0.3) is 22.6 Å². The number of ether oxygens (including phenoxy) is 2. The molecule has 1 saturated heterocycles. The Hall–Kier alpha value is -3.81. The smallest absolute Gasteiger partial charge is 0.414 e. The average molecular weight is 447 g/mol. The summed E-state index contributed by atoms with van der Waals surface area (Å²) in [6, 6.07) is 13.7. The highest BCUT2D eigenvalue weighted by Crippen LogP contribution is 2.40. The molecule has 8 nitrogen and oxygen atoms in total. The third-order valence-electron chi connectivity index (χ3n) is 6.13. The summed E-state index contributed by atoms with van der Waals surface area (Å²) in [5.74, 6) is 1.38. The maximum atomic E-state index is 12.5. The minimum absolute atomic E-state index is 0.153. The van der Waals surface area contributed by atoms with Crippen molar-refractivity contribution in [2.45, 2.75) is 32.3 Å². The maximum absolute atomic E-state index is 12.5. The van der Waals surface area contributed by atoms with Crippen LogP contribution in [0.4, 0.5) is 10.5 Å². The molecule has 0 radical (unpaired) electrons. The van der Waals surface area contributed by atoms with E-state index in [4.69, 9.17) is 14.0 Å². The number of carbonyl (C=O) groups is 2. The lowest BCUT2D eigenvalue weighted by Gasteiger charge is -2.15. The molecule has 1 aliphatic heterocycles. The largest absolute Gasteiger partial charge is 0.497 e. The van der Waals surface area contributed by atoms with E-state index < -0.39 is 6.09 Å². The zero-order valence-electron chi connectivity index (χ0n) is 18.6. The van der Waals surface area contributed by atoms with Gasteiger partial charge in [-0.25, -0.2) is 4.79 Å². The number of fused-ring (bicyclic) bond motifs is 3. The van der Waals surface area contributed by atoms with E-state index in [1.807, 2.05) is 42.5 Å². The Balaban J connectivity index is 1.46. The number of nitrogens with zero attached hydrogens (tertiary/aromatic N) is 2. The number of cyclic esters (lactones) is 1. The molecule has 2 amide bonds. The van der Waals surface area contributed by atoms with Crippen LogP contribution in [0.5, 0.6) is 5.75 Å². The van der Waals surface area contributed by atoms with Crippen molar-refractivity contribution in [3.8, 4) is 28.3 Å². The van der Waals surface area contributed by atoms with Crippen LogP contribution in [0.3, 0.4) is 0 Å². The topological polar surface area (TPSA) is 93.9 Å². The third-order valence-corrected chi connectivity index (χ3v) is 6.13. The molecule has 170 valence electrons. The van der Waals surface area contributed by atoms with Gasteiger partial charge in [-0.3, -0.25) is 9.69 Å². The van der Waals surface area contributed by atoms with Gasteiger partial charge in [-0.1, -0.05) is 11.2 Å². The number of amides is 2. The van der Waals surface area contributed by atoms with Crippen LogP contribution in [0.15, 0.2) is 47.0 Å². The van der Waals surface area contributed by atoms with E-state index in [1.165, 1.54) is 6.92 Å². The SMILES string of the molecule is COc1ccc(-c2noc3c2CCCc2ccc(N4CC(CNC(C)=O)OC4=O)cc2-3)cc1. The van der Waals surface area contributed by atoms with Gasteiger partial charge in [0, 0.05) is 29.3 Å². The Bertz CT molecular complexity index is 1200. The number of hydrogen-bond donors (Lipinski definition) is 1. The molecule has 0 bridgehead atoms. The van der Waals surface area contributed by atoms with E-state index >= 15 is 0 Å². The lowest BCUT2D eigenvalue weighted by atomic mass is 9.99. The summed E-state index contributed by atoms with van der Waals surface area (Å²) in [5, 5.41) is 7.10. The lowest BCUT2D eigenvalue weighted by molar-refractivity contribution is -0.119. The molecule has 1 aliphatic carbocycles. The van der Waals surface area contributed by atoms with Gasteiger partial charge in [0.2, 0.25) is 5.91 Å². The van der Waals surface area contributed by atoms with E-state index in [9.17, 15) is 9.59 Å². The molecule has 0 spiro atoms. The summed E-state index contributed by atoms with van der Waals surface area (Å²) in [5.41, 5.74) is 5.73. The number of aryl methyl sites for hydroxylation is 1. The molecule has 1 atom stereocenters. The van der Waals surface area contributed by atoms with Gasteiger partial charge >= 0.3 is 6.09 Å². The normalized spacial score (nSPS) is 17.1. The predicted molar refractivity (Wildman–Crippen MR) is 122 cm³/mol. The van der Waals surface area contributed by atoms with E-state index in [0.29, 0.717) is 13.1 Å². The molecule has 2 heterocycles. The number of methoxy groups -OCH3 is 1. The summed E-state index contributed by atoms with van der Waals surface area (Å²) >= 11 is 0. The van der Waals surface area contributed by atoms with Gasteiger partial charge < -0.3 is 19.3 Å². The van der Waals surface area contributed by atoms with E-state index in [0.717, 1.165) is 64.4 Å². The fourth-order valence-electron chi connectivity index (χ4n) is 4.44. The number of nitrogens with one attached hydrogen (secondary N) is 1. The van der Waals surface area contributed by atoms with Crippen molar-refractivity contribution in [2.75, 3.05) is 25.1 Å². The molecule has 0 saturated carbocycles. The fourth-order valence-corrected chi connectivity index (χ4v) is 4.44. The molecule has 3 aromatic rings. The molecular weight excluding hydrogens is 422 g/mol. The van der Waals surface area contributed by atoms with Gasteiger partial charge in [0.25, 0.3) is 0 Å². The molecule has 1 unspecified atom stereocenters. The quantitative estimate of drug-likeness (QED) is 0.636. The lowest BCUT2D eigenvalue weighted by Crippen LogP contribution is -2.33. The number of hydrogen-bond acceptors (Lipinski definition) is 6. The van der Waals surface area contributed by atoms with Crippen LogP contribution in [0, 0.1) is 0 Å². The van der Waals surface area contributed by atoms with Crippen molar-refractivity contribution in [2.24, 2.45) is 0 Å². The van der Waals surface area contributed by atoms with Crippen molar-refractivity contribution in [1.29, 1.82) is 0 Å². The second-order valence-electron chi connectivity index (χ2n) is 8.32. The van der Waals surface area contributed by atoms with Crippen molar-refractivity contribution < 1.29 is 23.6 Å². The number of rotatable bonds is 5. The van der Waals surface area contributed by atoms with Crippen LogP contribution < -0.4 is 15.0 Å². The minimum Gasteiger partial charge on any atom is -0.497 e. The molecule has 2 aromatic carbocycles. The van der Waals surface area contributed by atoms with Crippen LogP contribution in [0.1, 0.15) is 24.5 Å². The van der Waals surface area contributed by atoms with Gasteiger partial charge in [-0.15, -0.1) is 0 Å². The number of benzene rings is 2. The Morgan fingerprint density at radius 3 is 2.79 bits per heavy atom. The summed E-state index contributed by atoms with van der Waals surface area (Å²) in [4.78, 5) is 25.3. The second-order valence-corrected chi connectivity index (χ2v) is 8.32. The highest BCUT2D eigenvalue weighted by Gasteiger charge is 2.33. The number of aromatic nitrogens is 1. The molecule has 1 fully saturated rings. The predicted octanol–water partition coefficient (Wildman–Crippen LogP) is 3.97. The number of anilines is 1. The first-order valence-corrected chi connectivity index (χ1v) is 11.0. The minimum atomic E-state index is -0.421. The van der Waals surface area contributed by atoms with Crippen LogP contribution in [-0.2, 0) is 22.4 Å². The molecule has 2 aliphatic rings. The Kier molecular flexibility index (Phi) is 5.50. The summed E-state index contributed by atoms with van der Waals surface area (Å²) in [6.07, 6.45) is 1.94. The second kappa shape index (κ2) is 8.61. The van der Waals surface area contributed by atoms with Gasteiger partial charge in [-0.2, -0.15) is 0 Å². The van der Waals surface area contributed by atoms with E-state index in [2.05, 4.69) is 10.5 Å². The van der Waals surface area contributed by atoms with Crippen LogP contribution >= 0.6 is 0 Å². The van der Waals surface area contributed by atoms with Gasteiger partial charge in [0.15, 0.2) is 5.76 Å². The maximum Gasteiger partial charge on any atom is 0.414 e. The highest BCUT2D eigenvalue weighted by molar-refractivity contribution is 5.91. The fraction of sp³-hybridized carbons (Fsp3) is 0.320. The van der Waals surface area contributed by atoms with Gasteiger partial charge in [0.05, 0.1) is 20.2 Å². The summed E-state index contributed by atoms with van der Waals surface area (Å²) < 4.78 is 16.6. The van der Waals surface area contributed by atoms with Crippen molar-refractivity contribution in [3.63, 3.8) is 0 Å². The Labute approximate surface area is 191 Å². The van der Waals surface area contributed by atoms with Crippen LogP contribution in [0.2, 0.25) is 0 Å². The first kappa shape index (κ1) is 21.1. The standard InChI is InChI=1S/C25H25N3O5/c1-15(29)26-13-20-14-28(25(30)32-20)18-9-6-16-4-3-5-21-23(27-33-24(21)22(16)12-18)17-7-10-19(31-2)11-8-17/h6-12,20H,3-5,13-14H2,1-2H3,(H,26,29). The average Bonchev–Trinajstić information content (AvgIpc) is 3.36. The van der Waals surface area contributed by atoms with Crippen molar-refractivity contribution in [1.82, 2.24) is 10.5 Å². The van der Waals surface area contributed by atoms with Crippen molar-refractivity contribution >= 4 is 17.7 Å². The van der Waals surface area contributed by atoms with E-state index in [1.54, 1.807) is 12.0 Å².